The summed E-state index contributed by atoms with van der Waals surface area (Å²) in [5.74, 6) is -3.26. The molecule has 4 aromatic rings. The Morgan fingerprint density at radius 1 is 0.803 bits per heavy atom. The second-order valence-corrected chi connectivity index (χ2v) is 15.6. The Balaban J connectivity index is 1.99. The van der Waals surface area contributed by atoms with E-state index in [0.717, 1.165) is 5.56 Å². The van der Waals surface area contributed by atoms with E-state index in [0.29, 0.717) is 11.6 Å². The van der Waals surface area contributed by atoms with E-state index in [4.69, 9.17) is 28.1 Å². The highest BCUT2D eigenvalue weighted by molar-refractivity contribution is 6.11. The van der Waals surface area contributed by atoms with Crippen LogP contribution in [0.15, 0.2) is 96.5 Å². The number of ether oxygens (including phenoxy) is 5. The molecule has 0 radical (unpaired) electrons. The molecule has 330 valence electrons. The van der Waals surface area contributed by atoms with Gasteiger partial charge in [-0.2, -0.15) is 31.2 Å². The predicted molar refractivity (Wildman–Crippen MR) is 211 cm³/mol. The summed E-state index contributed by atoms with van der Waals surface area (Å²) >= 11 is 0. The third-order valence-electron chi connectivity index (χ3n) is 8.25. The van der Waals surface area contributed by atoms with Crippen LogP contribution in [0.4, 0.5) is 41.6 Å². The van der Waals surface area contributed by atoms with Crippen LogP contribution >= 0.6 is 0 Å². The average Bonchev–Trinajstić information content (AvgIpc) is 3.64. The first kappa shape index (κ1) is 47.9. The fourth-order valence-corrected chi connectivity index (χ4v) is 5.52. The molecule has 2 aromatic carbocycles. The number of carbonyl (C=O) groups is 2. The number of rotatable bonds is 17. The van der Waals surface area contributed by atoms with Gasteiger partial charge >= 0.3 is 24.5 Å². The predicted octanol–water partition coefficient (Wildman–Crippen LogP) is 11.3. The first-order valence-corrected chi connectivity index (χ1v) is 19.0. The second-order valence-electron chi connectivity index (χ2n) is 15.6. The molecule has 0 aliphatic carbocycles. The van der Waals surface area contributed by atoms with Crippen LogP contribution in [-0.2, 0) is 43.9 Å². The van der Waals surface area contributed by atoms with E-state index in [1.165, 1.54) is 65.8 Å². The van der Waals surface area contributed by atoms with Crippen molar-refractivity contribution in [1.29, 1.82) is 0 Å². The van der Waals surface area contributed by atoms with Gasteiger partial charge in [-0.25, -0.2) is 14.6 Å². The van der Waals surface area contributed by atoms with Gasteiger partial charge in [-0.3, -0.25) is 0 Å². The minimum absolute atomic E-state index is 0.0617. The monoisotopic (exact) mass is 862 g/mol. The molecule has 0 saturated carbocycles. The molecule has 0 aliphatic rings. The standard InChI is InChI=1S/C43H48F6N4O8/c1-9-11-23-41(43(47,48)49,57-26-29-21-16-13-17-22-29)36-52-51-35(59-36)33-32(53(37(54)60-39(3,4)5)38(55)61-40(6,7)8)24-31(42(44,45)46)34(50-33)58-30(18-10-2)27-56-25-28-19-14-12-15-20-28/h9-10,12-17,19-22,24,30H,1-2,11,18,23,25-27H2,3-8H3/t30-,41?/m1/s1. The Morgan fingerprint density at radius 2 is 1.36 bits per heavy atom. The number of hydrogen-bond acceptors (Lipinski definition) is 11. The number of nitrogens with zero attached hydrogens (tertiary/aromatic N) is 4. The number of amides is 2. The van der Waals surface area contributed by atoms with E-state index >= 15 is 26.3 Å². The number of hydrogen-bond donors (Lipinski definition) is 0. The van der Waals surface area contributed by atoms with Crippen LogP contribution in [0.2, 0.25) is 0 Å². The van der Waals surface area contributed by atoms with Crippen LogP contribution in [-0.4, -0.2) is 57.5 Å². The van der Waals surface area contributed by atoms with E-state index in [2.05, 4.69) is 28.3 Å². The molecule has 0 bridgehead atoms. The van der Waals surface area contributed by atoms with Crippen molar-refractivity contribution >= 4 is 17.9 Å². The first-order valence-electron chi connectivity index (χ1n) is 19.0. The highest BCUT2D eigenvalue weighted by Crippen LogP contribution is 2.48. The molecule has 12 nitrogen and oxygen atoms in total. The summed E-state index contributed by atoms with van der Waals surface area (Å²) in [6, 6.07) is 17.1. The summed E-state index contributed by atoms with van der Waals surface area (Å²) in [4.78, 5) is 31.8. The molecule has 18 heteroatoms. The van der Waals surface area contributed by atoms with Gasteiger partial charge in [-0.05, 0) is 71.6 Å². The number of aromatic nitrogens is 3. The number of imide groups is 1. The highest BCUT2D eigenvalue weighted by atomic mass is 19.4. The Morgan fingerprint density at radius 3 is 1.85 bits per heavy atom. The molecule has 0 spiro atoms. The summed E-state index contributed by atoms with van der Waals surface area (Å²) in [6.07, 6.45) is -13.3. The number of pyridine rings is 1. The summed E-state index contributed by atoms with van der Waals surface area (Å²) in [5, 5.41) is 7.46. The lowest BCUT2D eigenvalue weighted by molar-refractivity contribution is -0.299. The smallest absolute Gasteiger partial charge is 0.426 e. The third kappa shape index (κ3) is 13.1. The summed E-state index contributed by atoms with van der Waals surface area (Å²) in [7, 11) is 0. The molecule has 0 N–H and O–H groups in total. The molecule has 2 atom stereocenters. The number of alkyl halides is 6. The van der Waals surface area contributed by atoms with Gasteiger partial charge in [0.05, 0.1) is 25.5 Å². The van der Waals surface area contributed by atoms with Crippen LogP contribution in [0, 0.1) is 0 Å². The van der Waals surface area contributed by atoms with Gasteiger partial charge in [0.15, 0.2) is 5.69 Å². The van der Waals surface area contributed by atoms with Crippen molar-refractivity contribution in [1.82, 2.24) is 15.2 Å². The zero-order valence-corrected chi connectivity index (χ0v) is 34.6. The van der Waals surface area contributed by atoms with Crippen molar-refractivity contribution in [3.05, 3.63) is 115 Å². The van der Waals surface area contributed by atoms with E-state index in [1.54, 1.807) is 48.5 Å². The molecular weight excluding hydrogens is 814 g/mol. The minimum atomic E-state index is -5.28. The van der Waals surface area contributed by atoms with Crippen LogP contribution < -0.4 is 9.64 Å². The van der Waals surface area contributed by atoms with E-state index in [1.807, 2.05) is 0 Å². The van der Waals surface area contributed by atoms with Gasteiger partial charge in [0, 0.05) is 6.42 Å². The lowest BCUT2D eigenvalue weighted by atomic mass is 9.96. The van der Waals surface area contributed by atoms with Crippen molar-refractivity contribution in [2.24, 2.45) is 0 Å². The lowest BCUT2D eigenvalue weighted by Crippen LogP contribution is -2.45. The van der Waals surface area contributed by atoms with Crippen molar-refractivity contribution in [3.63, 3.8) is 0 Å². The van der Waals surface area contributed by atoms with E-state index < -0.39 is 95.1 Å². The fraction of sp³-hybridized carbons (Fsp3) is 0.419. The quantitative estimate of drug-likeness (QED) is 0.0741. The number of carbonyl (C=O) groups excluding carboxylic acids is 2. The summed E-state index contributed by atoms with van der Waals surface area (Å²) < 4.78 is 125. The molecule has 1 unspecified atom stereocenters. The zero-order chi connectivity index (χ0) is 45.2. The van der Waals surface area contributed by atoms with Crippen LogP contribution in [0.25, 0.3) is 11.6 Å². The molecule has 0 aliphatic heterocycles. The first-order chi connectivity index (χ1) is 28.5. The normalized spacial score (nSPS) is 13.8. The molecule has 2 heterocycles. The van der Waals surface area contributed by atoms with Gasteiger partial charge in [-0.15, -0.1) is 23.4 Å². The third-order valence-corrected chi connectivity index (χ3v) is 8.25. The number of benzene rings is 2. The molecule has 0 fully saturated rings. The summed E-state index contributed by atoms with van der Waals surface area (Å²) in [6.45, 7) is 14.9. The van der Waals surface area contributed by atoms with Crippen molar-refractivity contribution in [2.75, 3.05) is 11.5 Å². The maximum atomic E-state index is 15.3. The Bertz CT molecular complexity index is 2070. The highest BCUT2D eigenvalue weighted by Gasteiger charge is 2.61. The second kappa shape index (κ2) is 19.8. The molecule has 4 rings (SSSR count). The Kier molecular flexibility index (Phi) is 15.5. The van der Waals surface area contributed by atoms with Gasteiger partial charge in [-0.1, -0.05) is 72.8 Å². The van der Waals surface area contributed by atoms with Crippen molar-refractivity contribution < 1.29 is 64.0 Å². The fourth-order valence-electron chi connectivity index (χ4n) is 5.52. The Labute approximate surface area is 349 Å². The number of allylic oxidation sites excluding steroid dienone is 1. The molecule has 61 heavy (non-hydrogen) atoms. The molecule has 0 saturated heterocycles. The van der Waals surface area contributed by atoms with Gasteiger partial charge in [0.25, 0.3) is 11.8 Å². The van der Waals surface area contributed by atoms with Crippen LogP contribution in [0.5, 0.6) is 5.88 Å². The molecule has 2 amide bonds. The van der Waals surface area contributed by atoms with Gasteiger partial charge in [0.2, 0.25) is 11.5 Å². The molecule has 2 aromatic heterocycles. The van der Waals surface area contributed by atoms with Gasteiger partial charge in [0.1, 0.15) is 22.9 Å². The van der Waals surface area contributed by atoms with E-state index in [9.17, 15) is 9.59 Å². The summed E-state index contributed by atoms with van der Waals surface area (Å²) in [5.41, 5.74) is -8.34. The van der Waals surface area contributed by atoms with Gasteiger partial charge < -0.3 is 28.1 Å². The minimum Gasteiger partial charge on any atom is -0.471 e. The number of anilines is 1. The number of halogens is 6. The van der Waals surface area contributed by atoms with Crippen LogP contribution in [0.1, 0.15) is 83.4 Å². The van der Waals surface area contributed by atoms with Crippen molar-refractivity contribution in [3.8, 4) is 17.5 Å². The lowest BCUT2D eigenvalue weighted by Gasteiger charge is -2.32. The zero-order valence-electron chi connectivity index (χ0n) is 34.6. The van der Waals surface area contributed by atoms with Crippen LogP contribution in [0.3, 0.4) is 0 Å². The maximum Gasteiger partial charge on any atom is 0.426 e. The average molecular weight is 863 g/mol. The topological polar surface area (TPSA) is 135 Å². The maximum absolute atomic E-state index is 15.3. The SMILES string of the molecule is C=CCCC(OCc1ccccc1)(c1nnc(-c2nc(O[C@H](CC=C)COCc3ccccc3)c(C(F)(F)F)cc2N(C(=O)OC(C)(C)C)C(=O)OC(C)(C)C)o1)C(F)(F)F. The Hall–Kier alpha value is -5.75. The molecular formula is C43H48F6N4O8. The van der Waals surface area contributed by atoms with E-state index in [-0.39, 0.29) is 31.0 Å². The van der Waals surface area contributed by atoms with Crippen molar-refractivity contribution in [2.45, 2.75) is 109 Å². The largest absolute Gasteiger partial charge is 0.471 e.